The average Bonchev–Trinajstić information content (AvgIpc) is 2.58. The molecule has 0 unspecified atom stereocenters. The van der Waals surface area contributed by atoms with Crippen LogP contribution >= 0.6 is 0 Å². The van der Waals surface area contributed by atoms with Gasteiger partial charge in [0.2, 0.25) is 0 Å². The minimum Gasteiger partial charge on any atom is -0.256 e. The maximum atomic E-state index is 4.56. The fourth-order valence-electron chi connectivity index (χ4n) is 2.93. The van der Waals surface area contributed by atoms with Gasteiger partial charge in [-0.3, -0.25) is 4.98 Å². The highest BCUT2D eigenvalue weighted by Gasteiger charge is 2.13. The largest absolute Gasteiger partial charge is 0.256 e. The summed E-state index contributed by atoms with van der Waals surface area (Å²) in [7, 11) is 0. The Morgan fingerprint density at radius 1 is 0.826 bits per heavy atom. The summed E-state index contributed by atoms with van der Waals surface area (Å²) in [4.78, 5) is 4.56. The maximum absolute atomic E-state index is 4.56. The number of pyridine rings is 1. The minimum absolute atomic E-state index is 1.01. The Kier molecular flexibility index (Phi) is 4.38. The van der Waals surface area contributed by atoms with E-state index in [9.17, 15) is 0 Å². The van der Waals surface area contributed by atoms with Gasteiger partial charge in [0.25, 0.3) is 0 Å². The molecule has 0 saturated heterocycles. The molecule has 0 aliphatic heterocycles. The van der Waals surface area contributed by atoms with Crippen LogP contribution in [0.1, 0.15) is 30.5 Å². The first kappa shape index (κ1) is 15.2. The Morgan fingerprint density at radius 3 is 2.22 bits per heavy atom. The van der Waals surface area contributed by atoms with E-state index in [1.165, 1.54) is 33.4 Å². The third kappa shape index (κ3) is 3.24. The summed E-state index contributed by atoms with van der Waals surface area (Å²) in [6.45, 7) is 6.47. The Balaban J connectivity index is 2.25. The lowest BCUT2D eigenvalue weighted by Gasteiger charge is -2.16. The zero-order chi connectivity index (χ0) is 16.2. The van der Waals surface area contributed by atoms with Crippen molar-refractivity contribution in [1.29, 1.82) is 0 Å². The van der Waals surface area contributed by atoms with Gasteiger partial charge < -0.3 is 0 Å². The normalized spacial score (nSPS) is 10.4. The van der Waals surface area contributed by atoms with Gasteiger partial charge in [-0.2, -0.15) is 0 Å². The van der Waals surface area contributed by atoms with Crippen molar-refractivity contribution in [3.05, 3.63) is 95.2 Å². The number of allylic oxidation sites excluding steroid dienone is 1. The Labute approximate surface area is 138 Å². The number of nitrogens with zero attached hydrogens (tertiary/aromatic N) is 1. The number of aromatic nitrogens is 1. The van der Waals surface area contributed by atoms with Crippen LogP contribution in [0.5, 0.6) is 0 Å². The van der Waals surface area contributed by atoms with Crippen LogP contribution < -0.4 is 0 Å². The van der Waals surface area contributed by atoms with Gasteiger partial charge in [0.1, 0.15) is 0 Å². The maximum Gasteiger partial charge on any atom is 0.0708 e. The van der Waals surface area contributed by atoms with Crippen LogP contribution in [0.3, 0.4) is 0 Å². The van der Waals surface area contributed by atoms with E-state index < -0.39 is 0 Å². The zero-order valence-electron chi connectivity index (χ0n) is 13.9. The molecule has 0 bridgehead atoms. The van der Waals surface area contributed by atoms with Gasteiger partial charge in [-0.15, -0.1) is 0 Å². The highest BCUT2D eigenvalue weighted by Crippen LogP contribution is 2.34. The van der Waals surface area contributed by atoms with Gasteiger partial charge in [0, 0.05) is 11.8 Å². The van der Waals surface area contributed by atoms with Gasteiger partial charge in [-0.05, 0) is 55.7 Å². The van der Waals surface area contributed by atoms with E-state index in [0.717, 1.165) is 5.69 Å². The molecule has 0 radical (unpaired) electrons. The molecule has 0 spiro atoms. The second-order valence-corrected chi connectivity index (χ2v) is 6.01. The second-order valence-electron chi connectivity index (χ2n) is 6.01. The summed E-state index contributed by atoms with van der Waals surface area (Å²) in [5.74, 6) is 0. The highest BCUT2D eigenvalue weighted by molar-refractivity contribution is 5.89. The number of aryl methyl sites for hydroxylation is 1. The molecule has 0 atom stereocenters. The predicted octanol–water partition coefficient (Wildman–Crippen LogP) is 5.90. The van der Waals surface area contributed by atoms with E-state index in [-0.39, 0.29) is 0 Å². The molecule has 23 heavy (non-hydrogen) atoms. The fourth-order valence-corrected chi connectivity index (χ4v) is 2.93. The topological polar surface area (TPSA) is 12.9 Å². The molecular weight excluding hydrogens is 278 g/mol. The lowest BCUT2D eigenvalue weighted by molar-refractivity contribution is 1.30. The van der Waals surface area contributed by atoms with Crippen molar-refractivity contribution in [2.45, 2.75) is 20.8 Å². The van der Waals surface area contributed by atoms with E-state index in [4.69, 9.17) is 0 Å². The second kappa shape index (κ2) is 6.62. The van der Waals surface area contributed by atoms with Crippen LogP contribution in [0.15, 0.2) is 78.5 Å². The molecule has 2 aromatic carbocycles. The molecule has 3 aromatic rings. The fraction of sp³-hybridized carbons (Fsp3) is 0.136. The molecule has 0 fully saturated rings. The molecule has 0 saturated carbocycles. The summed E-state index contributed by atoms with van der Waals surface area (Å²) in [6, 6.07) is 23.3. The first-order valence-corrected chi connectivity index (χ1v) is 7.92. The summed E-state index contributed by atoms with van der Waals surface area (Å²) >= 11 is 0. The quantitative estimate of drug-likeness (QED) is 0.587. The lowest BCUT2D eigenvalue weighted by Crippen LogP contribution is -1.96. The van der Waals surface area contributed by atoms with Crippen LogP contribution in [0.2, 0.25) is 0 Å². The molecule has 0 aliphatic rings. The van der Waals surface area contributed by atoms with Crippen molar-refractivity contribution in [3.63, 3.8) is 0 Å². The van der Waals surface area contributed by atoms with Crippen LogP contribution in [0.4, 0.5) is 0 Å². The molecule has 3 rings (SSSR count). The van der Waals surface area contributed by atoms with Crippen molar-refractivity contribution in [3.8, 4) is 11.3 Å². The Hall–Kier alpha value is -2.67. The van der Waals surface area contributed by atoms with Crippen LogP contribution in [0.25, 0.3) is 16.8 Å². The molecule has 0 N–H and O–H groups in total. The van der Waals surface area contributed by atoms with Gasteiger partial charge in [-0.1, -0.05) is 59.7 Å². The van der Waals surface area contributed by atoms with Crippen molar-refractivity contribution >= 4 is 5.57 Å². The molecule has 1 aromatic heterocycles. The Bertz CT molecular complexity index is 826. The first-order valence-electron chi connectivity index (χ1n) is 7.92. The van der Waals surface area contributed by atoms with E-state index in [2.05, 4.69) is 80.4 Å². The Morgan fingerprint density at radius 2 is 1.57 bits per heavy atom. The number of hydrogen-bond acceptors (Lipinski definition) is 1. The number of benzene rings is 2. The third-order valence-electron chi connectivity index (χ3n) is 3.95. The third-order valence-corrected chi connectivity index (χ3v) is 3.95. The van der Waals surface area contributed by atoms with Gasteiger partial charge >= 0.3 is 0 Å². The number of rotatable bonds is 3. The van der Waals surface area contributed by atoms with Gasteiger partial charge in [0.05, 0.1) is 5.69 Å². The lowest BCUT2D eigenvalue weighted by atomic mass is 9.89. The van der Waals surface area contributed by atoms with Crippen molar-refractivity contribution in [1.82, 2.24) is 4.98 Å². The van der Waals surface area contributed by atoms with Crippen LogP contribution in [0, 0.1) is 6.92 Å². The van der Waals surface area contributed by atoms with E-state index in [1.807, 2.05) is 18.3 Å². The van der Waals surface area contributed by atoms with Crippen LogP contribution in [-0.4, -0.2) is 4.98 Å². The van der Waals surface area contributed by atoms with Gasteiger partial charge in [-0.25, -0.2) is 0 Å². The molecule has 1 heterocycles. The summed E-state index contributed by atoms with van der Waals surface area (Å²) < 4.78 is 0. The summed E-state index contributed by atoms with van der Waals surface area (Å²) in [5.41, 5.74) is 8.51. The first-order chi connectivity index (χ1) is 11.2. The van der Waals surface area contributed by atoms with E-state index in [0.29, 0.717) is 0 Å². The van der Waals surface area contributed by atoms with E-state index in [1.54, 1.807) is 0 Å². The minimum atomic E-state index is 1.01. The summed E-state index contributed by atoms with van der Waals surface area (Å²) in [5, 5.41) is 0. The highest BCUT2D eigenvalue weighted by atomic mass is 14.7. The number of hydrogen-bond donors (Lipinski definition) is 0. The molecule has 1 heteroatoms. The molecule has 0 aliphatic carbocycles. The average molecular weight is 299 g/mol. The van der Waals surface area contributed by atoms with E-state index >= 15 is 0 Å². The molecule has 0 amide bonds. The standard InChI is InChI=1S/C22H21N/c1-16(2)22(18-9-5-4-6-10-18)19-13-12-17(3)15-20(19)21-11-7-8-14-23-21/h4-15H,1-3H3. The predicted molar refractivity (Wildman–Crippen MR) is 98.2 cm³/mol. The van der Waals surface area contributed by atoms with Crippen molar-refractivity contribution in [2.75, 3.05) is 0 Å². The smallest absolute Gasteiger partial charge is 0.0708 e. The van der Waals surface area contributed by atoms with Crippen molar-refractivity contribution < 1.29 is 0 Å². The monoisotopic (exact) mass is 299 g/mol. The molecule has 114 valence electrons. The zero-order valence-corrected chi connectivity index (χ0v) is 13.9. The summed E-state index contributed by atoms with van der Waals surface area (Å²) in [6.07, 6.45) is 1.85. The van der Waals surface area contributed by atoms with Crippen molar-refractivity contribution in [2.24, 2.45) is 0 Å². The SMILES string of the molecule is CC(C)=C(c1ccccc1)c1ccc(C)cc1-c1ccccn1. The van der Waals surface area contributed by atoms with Gasteiger partial charge in [0.15, 0.2) is 0 Å². The van der Waals surface area contributed by atoms with Crippen LogP contribution in [-0.2, 0) is 0 Å². The molecule has 1 nitrogen and oxygen atoms in total. The molecular formula is C22H21N.